The van der Waals surface area contributed by atoms with E-state index in [1.165, 1.54) is 0 Å². The van der Waals surface area contributed by atoms with Crippen LogP contribution in [0.2, 0.25) is 0 Å². The molecule has 0 unspecified atom stereocenters. The van der Waals surface area contributed by atoms with E-state index in [9.17, 15) is 13.2 Å². The highest BCUT2D eigenvalue weighted by atomic mass is 32.1. The fourth-order valence-corrected chi connectivity index (χ4v) is 2.24. The first-order valence-corrected chi connectivity index (χ1v) is 5.25. The Bertz CT molecular complexity index is 322. The van der Waals surface area contributed by atoms with Crippen LogP contribution in [0.25, 0.3) is 0 Å². The summed E-state index contributed by atoms with van der Waals surface area (Å²) >= 11 is 1.12. The highest BCUT2D eigenvalue weighted by Gasteiger charge is 2.29. The molecule has 0 aliphatic carbocycles. The number of aryl methyl sites for hydroxylation is 1. The quantitative estimate of drug-likeness (QED) is 0.806. The Balaban J connectivity index is 2.68. The first-order chi connectivity index (χ1) is 6.92. The molecule has 15 heavy (non-hydrogen) atoms. The van der Waals surface area contributed by atoms with Gasteiger partial charge >= 0.3 is 6.18 Å². The summed E-state index contributed by atoms with van der Waals surface area (Å²) in [6.45, 7) is 2.23. The molecule has 0 aliphatic heterocycles. The number of methoxy groups -OCH3 is 1. The molecule has 1 aromatic rings. The second kappa shape index (κ2) is 4.94. The van der Waals surface area contributed by atoms with Gasteiger partial charge < -0.3 is 4.74 Å². The molecule has 1 heterocycles. The Labute approximate surface area is 90.1 Å². The van der Waals surface area contributed by atoms with Crippen LogP contribution in [0.1, 0.15) is 15.6 Å². The number of hydrogen-bond acceptors (Lipinski definition) is 3. The van der Waals surface area contributed by atoms with E-state index >= 15 is 0 Å². The standard InChI is InChI=1S/C9H12F3NOS/c1-6-7(3-4-14-2)15-8(13-6)5-9(10,11)12/h3-5H2,1-2H3. The summed E-state index contributed by atoms with van der Waals surface area (Å²) in [5.41, 5.74) is 0.677. The molecule has 1 aromatic heterocycles. The highest BCUT2D eigenvalue weighted by molar-refractivity contribution is 7.11. The van der Waals surface area contributed by atoms with Crippen molar-refractivity contribution in [2.24, 2.45) is 0 Å². The fraction of sp³-hybridized carbons (Fsp3) is 0.667. The van der Waals surface area contributed by atoms with Gasteiger partial charge in [-0.3, -0.25) is 0 Å². The Morgan fingerprint density at radius 3 is 2.60 bits per heavy atom. The maximum atomic E-state index is 12.1. The van der Waals surface area contributed by atoms with Crippen molar-refractivity contribution in [1.82, 2.24) is 4.98 Å². The average Bonchev–Trinajstić information content (AvgIpc) is 2.39. The van der Waals surface area contributed by atoms with Gasteiger partial charge in [-0.15, -0.1) is 11.3 Å². The molecule has 0 N–H and O–H groups in total. The second-order valence-corrected chi connectivity index (χ2v) is 4.32. The lowest BCUT2D eigenvalue weighted by Crippen LogP contribution is -2.11. The van der Waals surface area contributed by atoms with Crippen LogP contribution in [0, 0.1) is 6.92 Å². The smallest absolute Gasteiger partial charge is 0.384 e. The van der Waals surface area contributed by atoms with Crippen molar-refractivity contribution in [3.05, 3.63) is 15.6 Å². The first-order valence-electron chi connectivity index (χ1n) is 4.43. The van der Waals surface area contributed by atoms with E-state index in [1.807, 2.05) is 0 Å². The van der Waals surface area contributed by atoms with E-state index in [1.54, 1.807) is 14.0 Å². The molecule has 0 saturated heterocycles. The van der Waals surface area contributed by atoms with E-state index in [4.69, 9.17) is 4.74 Å². The van der Waals surface area contributed by atoms with Crippen LogP contribution in [0.15, 0.2) is 0 Å². The number of aromatic nitrogens is 1. The van der Waals surface area contributed by atoms with E-state index in [-0.39, 0.29) is 5.01 Å². The summed E-state index contributed by atoms with van der Waals surface area (Å²) in [7, 11) is 1.56. The molecular weight excluding hydrogens is 227 g/mol. The van der Waals surface area contributed by atoms with Crippen LogP contribution in [-0.2, 0) is 17.6 Å². The molecule has 0 aliphatic rings. The van der Waals surface area contributed by atoms with E-state index in [2.05, 4.69) is 4.98 Å². The van der Waals surface area contributed by atoms with Gasteiger partial charge in [0, 0.05) is 18.4 Å². The lowest BCUT2D eigenvalue weighted by atomic mass is 10.3. The summed E-state index contributed by atoms with van der Waals surface area (Å²) in [5, 5.41) is 0.131. The lowest BCUT2D eigenvalue weighted by molar-refractivity contribution is -0.127. The SMILES string of the molecule is COCCc1sc(CC(F)(F)F)nc1C. The predicted octanol–water partition coefficient (Wildman–Crippen LogP) is 2.75. The van der Waals surface area contributed by atoms with Gasteiger partial charge in [-0.25, -0.2) is 4.98 Å². The minimum absolute atomic E-state index is 0.131. The average molecular weight is 239 g/mol. The van der Waals surface area contributed by atoms with Crippen molar-refractivity contribution >= 4 is 11.3 Å². The van der Waals surface area contributed by atoms with Crippen LogP contribution < -0.4 is 0 Å². The third-order valence-corrected chi connectivity index (χ3v) is 3.04. The van der Waals surface area contributed by atoms with Crippen molar-refractivity contribution < 1.29 is 17.9 Å². The number of nitrogens with zero attached hydrogens (tertiary/aromatic N) is 1. The summed E-state index contributed by atoms with van der Waals surface area (Å²) in [5.74, 6) is 0. The zero-order valence-corrected chi connectivity index (χ0v) is 9.34. The van der Waals surface area contributed by atoms with Gasteiger partial charge in [0.2, 0.25) is 0 Å². The van der Waals surface area contributed by atoms with Crippen LogP contribution in [-0.4, -0.2) is 24.9 Å². The van der Waals surface area contributed by atoms with Gasteiger partial charge in [-0.05, 0) is 6.92 Å². The lowest BCUT2D eigenvalue weighted by Gasteiger charge is -2.01. The molecule has 86 valence electrons. The van der Waals surface area contributed by atoms with E-state index in [0.717, 1.165) is 16.2 Å². The van der Waals surface area contributed by atoms with Gasteiger partial charge in [0.1, 0.15) is 5.01 Å². The molecule has 2 nitrogen and oxygen atoms in total. The van der Waals surface area contributed by atoms with Gasteiger partial charge in [0.25, 0.3) is 0 Å². The number of alkyl halides is 3. The predicted molar refractivity (Wildman–Crippen MR) is 52.2 cm³/mol. The molecule has 0 saturated carbocycles. The third kappa shape index (κ3) is 4.17. The molecule has 1 rings (SSSR count). The Morgan fingerprint density at radius 1 is 1.40 bits per heavy atom. The maximum absolute atomic E-state index is 12.1. The van der Waals surface area contributed by atoms with Crippen LogP contribution >= 0.6 is 11.3 Å². The number of hydrogen-bond donors (Lipinski definition) is 0. The zero-order chi connectivity index (χ0) is 11.5. The molecule has 0 spiro atoms. The number of thiazole rings is 1. The normalized spacial score (nSPS) is 12.1. The molecule has 0 radical (unpaired) electrons. The van der Waals surface area contributed by atoms with Crippen molar-refractivity contribution in [2.75, 3.05) is 13.7 Å². The van der Waals surface area contributed by atoms with Crippen LogP contribution in [0.3, 0.4) is 0 Å². The minimum atomic E-state index is -4.18. The molecule has 0 bridgehead atoms. The van der Waals surface area contributed by atoms with Crippen molar-refractivity contribution in [2.45, 2.75) is 25.9 Å². The summed E-state index contributed by atoms with van der Waals surface area (Å²) in [6, 6.07) is 0. The molecule has 0 amide bonds. The van der Waals surface area contributed by atoms with Crippen molar-refractivity contribution in [3.63, 3.8) is 0 Å². The monoisotopic (exact) mass is 239 g/mol. The molecule has 0 aromatic carbocycles. The maximum Gasteiger partial charge on any atom is 0.395 e. The number of rotatable bonds is 4. The molecule has 0 fully saturated rings. The first kappa shape index (κ1) is 12.4. The summed E-state index contributed by atoms with van der Waals surface area (Å²) in [6.07, 6.45) is -4.49. The zero-order valence-electron chi connectivity index (χ0n) is 8.52. The minimum Gasteiger partial charge on any atom is -0.384 e. The highest BCUT2D eigenvalue weighted by Crippen LogP contribution is 2.26. The van der Waals surface area contributed by atoms with E-state index < -0.39 is 12.6 Å². The topological polar surface area (TPSA) is 22.1 Å². The number of halogens is 3. The fourth-order valence-electron chi connectivity index (χ4n) is 1.16. The molecule has 0 atom stereocenters. The van der Waals surface area contributed by atoms with Crippen LogP contribution in [0.4, 0.5) is 13.2 Å². The van der Waals surface area contributed by atoms with E-state index in [0.29, 0.717) is 18.7 Å². The van der Waals surface area contributed by atoms with Crippen molar-refractivity contribution in [1.29, 1.82) is 0 Å². The van der Waals surface area contributed by atoms with Gasteiger partial charge in [0.05, 0.1) is 18.7 Å². The van der Waals surface area contributed by atoms with Gasteiger partial charge in [-0.1, -0.05) is 0 Å². The second-order valence-electron chi connectivity index (χ2n) is 3.15. The van der Waals surface area contributed by atoms with Gasteiger partial charge in [0.15, 0.2) is 0 Å². The molecular formula is C9H12F3NOS. The summed E-state index contributed by atoms with van der Waals surface area (Å²) < 4.78 is 41.1. The Morgan fingerprint density at radius 2 is 2.07 bits per heavy atom. The number of ether oxygens (including phenoxy) is 1. The van der Waals surface area contributed by atoms with Crippen LogP contribution in [0.5, 0.6) is 0 Å². The Hall–Kier alpha value is -0.620. The van der Waals surface area contributed by atoms with Crippen molar-refractivity contribution in [3.8, 4) is 0 Å². The Kier molecular flexibility index (Phi) is 4.10. The van der Waals surface area contributed by atoms with Gasteiger partial charge in [-0.2, -0.15) is 13.2 Å². The largest absolute Gasteiger partial charge is 0.395 e. The third-order valence-electron chi connectivity index (χ3n) is 1.82. The summed E-state index contributed by atoms with van der Waals surface area (Å²) in [4.78, 5) is 4.76. The molecule has 6 heteroatoms.